The van der Waals surface area contributed by atoms with Crippen molar-refractivity contribution in [3.8, 4) is 0 Å². The van der Waals surface area contributed by atoms with Gasteiger partial charge in [0.2, 0.25) is 0 Å². The molecule has 0 N–H and O–H groups in total. The first-order valence-electron chi connectivity index (χ1n) is 17.8. The van der Waals surface area contributed by atoms with Gasteiger partial charge >= 0.3 is 11.9 Å². The van der Waals surface area contributed by atoms with E-state index in [9.17, 15) is 19.2 Å². The second-order valence-electron chi connectivity index (χ2n) is 11.8. The highest BCUT2D eigenvalue weighted by molar-refractivity contribution is 6.45. The standard InChI is InChI=1S/C44H42O10/c1-5-49-43(47)39(27-53-51-7-3)33-23-35(29-15-11-9-12-16-29)41(45)37(25-33)31-19-21-32(22-20-31)38-26-34(40(28-54-52-8-4)44(48)50-6-2)24-36(42(38)46)30-17-13-10-14-18-30/h9-26H,5-8,27-28H2,1-4H3. The number of carbonyl (C=O) groups is 4. The van der Waals surface area contributed by atoms with E-state index < -0.39 is 11.9 Å². The summed E-state index contributed by atoms with van der Waals surface area (Å²) < 4.78 is 10.7. The van der Waals surface area contributed by atoms with Crippen LogP contribution in [0, 0.1) is 0 Å². The fourth-order valence-electron chi connectivity index (χ4n) is 5.85. The average molecular weight is 731 g/mol. The number of carbonyl (C=O) groups excluding carboxylic acids is 4. The molecular weight excluding hydrogens is 688 g/mol. The maximum absolute atomic E-state index is 14.2. The maximum Gasteiger partial charge on any atom is 0.337 e. The van der Waals surface area contributed by atoms with Crippen molar-refractivity contribution in [1.82, 2.24) is 0 Å². The Bertz CT molecular complexity index is 1900. The number of Topliss-reactive ketones (excluding diaryl/α,β-unsaturated/α-hetero) is 2. The van der Waals surface area contributed by atoms with Gasteiger partial charge in [0.1, 0.15) is 13.2 Å². The summed E-state index contributed by atoms with van der Waals surface area (Å²) in [6, 6.07) is 25.3. The van der Waals surface area contributed by atoms with Crippen molar-refractivity contribution in [2.24, 2.45) is 0 Å². The van der Waals surface area contributed by atoms with E-state index in [0.717, 1.165) is 0 Å². The van der Waals surface area contributed by atoms with Gasteiger partial charge < -0.3 is 9.47 Å². The number of hydrogen-bond acceptors (Lipinski definition) is 10. The Morgan fingerprint density at radius 3 is 1.04 bits per heavy atom. The lowest BCUT2D eigenvalue weighted by atomic mass is 9.82. The Balaban J connectivity index is 1.62. The molecule has 2 aliphatic rings. The van der Waals surface area contributed by atoms with E-state index in [0.29, 0.717) is 55.7 Å². The summed E-state index contributed by atoms with van der Waals surface area (Å²) in [6.45, 7) is 7.35. The third kappa shape index (κ3) is 9.41. The molecule has 0 spiro atoms. The van der Waals surface area contributed by atoms with Crippen LogP contribution in [0.2, 0.25) is 0 Å². The van der Waals surface area contributed by atoms with Gasteiger partial charge in [-0.25, -0.2) is 29.1 Å². The molecule has 0 unspecified atom stereocenters. The Hall–Kier alpha value is -5.78. The van der Waals surface area contributed by atoms with Crippen molar-refractivity contribution >= 4 is 45.8 Å². The van der Waals surface area contributed by atoms with E-state index in [-0.39, 0.29) is 62.4 Å². The molecule has 3 aromatic rings. The number of benzene rings is 3. The first-order valence-corrected chi connectivity index (χ1v) is 17.8. The molecule has 0 saturated heterocycles. The predicted molar refractivity (Wildman–Crippen MR) is 204 cm³/mol. The van der Waals surface area contributed by atoms with E-state index in [1.807, 2.05) is 60.7 Å². The molecule has 0 bridgehead atoms. The zero-order valence-corrected chi connectivity index (χ0v) is 30.7. The van der Waals surface area contributed by atoms with Gasteiger partial charge in [0.05, 0.1) is 37.6 Å². The van der Waals surface area contributed by atoms with E-state index >= 15 is 0 Å². The first kappa shape index (κ1) is 39.4. The molecular formula is C44H42O10. The number of rotatable bonds is 16. The highest BCUT2D eigenvalue weighted by Crippen LogP contribution is 2.37. The summed E-state index contributed by atoms with van der Waals surface area (Å²) in [5.41, 5.74) is 5.07. The molecule has 0 amide bonds. The number of esters is 2. The molecule has 5 rings (SSSR count). The molecule has 0 atom stereocenters. The van der Waals surface area contributed by atoms with Crippen LogP contribution in [0.25, 0.3) is 22.3 Å². The van der Waals surface area contributed by atoms with Crippen molar-refractivity contribution in [1.29, 1.82) is 0 Å². The van der Waals surface area contributed by atoms with Crippen molar-refractivity contribution in [2.75, 3.05) is 39.6 Å². The summed E-state index contributed by atoms with van der Waals surface area (Å²) in [5, 5.41) is 0. The van der Waals surface area contributed by atoms with E-state index in [1.165, 1.54) is 0 Å². The fraction of sp³-hybridized carbons (Fsp3) is 0.227. The lowest BCUT2D eigenvalue weighted by Gasteiger charge is -2.20. The Labute approximate surface area is 314 Å². The molecule has 10 heteroatoms. The van der Waals surface area contributed by atoms with Gasteiger partial charge in [-0.15, -0.1) is 0 Å². The molecule has 10 nitrogen and oxygen atoms in total. The molecule has 0 aliphatic heterocycles. The van der Waals surface area contributed by atoms with Crippen molar-refractivity contribution in [3.63, 3.8) is 0 Å². The number of ether oxygens (including phenoxy) is 2. The van der Waals surface area contributed by atoms with Crippen LogP contribution in [-0.4, -0.2) is 63.1 Å². The molecule has 3 aromatic carbocycles. The van der Waals surface area contributed by atoms with Crippen LogP contribution >= 0.6 is 0 Å². The van der Waals surface area contributed by atoms with E-state index in [1.54, 1.807) is 76.3 Å². The minimum Gasteiger partial charge on any atom is -0.463 e. The summed E-state index contributed by atoms with van der Waals surface area (Å²) in [6.07, 6.45) is 6.59. The van der Waals surface area contributed by atoms with Crippen LogP contribution in [0.5, 0.6) is 0 Å². The van der Waals surface area contributed by atoms with Crippen LogP contribution in [0.15, 0.2) is 132 Å². The Morgan fingerprint density at radius 2 is 0.741 bits per heavy atom. The molecule has 54 heavy (non-hydrogen) atoms. The topological polar surface area (TPSA) is 124 Å². The van der Waals surface area contributed by atoms with Gasteiger partial charge in [-0.3, -0.25) is 9.59 Å². The van der Waals surface area contributed by atoms with Crippen LogP contribution in [0.3, 0.4) is 0 Å². The van der Waals surface area contributed by atoms with Crippen molar-refractivity contribution in [2.45, 2.75) is 27.7 Å². The third-order valence-electron chi connectivity index (χ3n) is 8.40. The SMILES string of the molecule is CCOOCC(C(=O)OCC)=C1C=C(c2ccccc2)C(=O)C(c2ccc(C3=CC(=C(COOCC)C(=O)OCC)C=C(c4ccccc4)C3=O)cc2)=C1. The highest BCUT2D eigenvalue weighted by atomic mass is 17.2. The van der Waals surface area contributed by atoms with Crippen molar-refractivity contribution < 1.29 is 48.2 Å². The highest BCUT2D eigenvalue weighted by Gasteiger charge is 2.29. The van der Waals surface area contributed by atoms with Crippen LogP contribution in [-0.2, 0) is 48.2 Å². The minimum atomic E-state index is -0.598. The second-order valence-corrected chi connectivity index (χ2v) is 11.8. The molecule has 2 aliphatic carbocycles. The minimum absolute atomic E-state index is 0.143. The zero-order valence-electron chi connectivity index (χ0n) is 30.7. The normalized spacial score (nSPS) is 16.1. The quantitative estimate of drug-likeness (QED) is 0.0483. The molecule has 0 aromatic heterocycles. The summed E-state index contributed by atoms with van der Waals surface area (Å²) in [4.78, 5) is 75.4. The third-order valence-corrected chi connectivity index (χ3v) is 8.40. The second kappa shape index (κ2) is 19.3. The Kier molecular flexibility index (Phi) is 14.1. The van der Waals surface area contributed by atoms with Gasteiger partial charge in [0.15, 0.2) is 11.6 Å². The van der Waals surface area contributed by atoms with Gasteiger partial charge in [-0.2, -0.15) is 0 Å². The van der Waals surface area contributed by atoms with Gasteiger partial charge in [0.25, 0.3) is 0 Å². The van der Waals surface area contributed by atoms with Crippen LogP contribution < -0.4 is 0 Å². The van der Waals surface area contributed by atoms with Gasteiger partial charge in [-0.05, 0) is 85.4 Å². The van der Waals surface area contributed by atoms with Crippen molar-refractivity contribution in [3.05, 3.63) is 154 Å². The molecule has 0 heterocycles. The number of allylic oxidation sites excluding steroid dienone is 10. The van der Waals surface area contributed by atoms with Crippen LogP contribution in [0.4, 0.5) is 0 Å². The molecule has 278 valence electrons. The summed E-state index contributed by atoms with van der Waals surface area (Å²) in [7, 11) is 0. The number of ketones is 2. The van der Waals surface area contributed by atoms with E-state index in [2.05, 4.69) is 0 Å². The largest absolute Gasteiger partial charge is 0.463 e. The smallest absolute Gasteiger partial charge is 0.337 e. The summed E-state index contributed by atoms with van der Waals surface area (Å²) >= 11 is 0. The number of hydrogen-bond donors (Lipinski definition) is 0. The lowest BCUT2D eigenvalue weighted by molar-refractivity contribution is -0.284. The van der Waals surface area contributed by atoms with Gasteiger partial charge in [-0.1, -0.05) is 84.9 Å². The molecule has 0 radical (unpaired) electrons. The Morgan fingerprint density at radius 1 is 0.426 bits per heavy atom. The first-order chi connectivity index (χ1) is 26.3. The zero-order chi connectivity index (χ0) is 38.5. The predicted octanol–water partition coefficient (Wildman–Crippen LogP) is 7.44. The van der Waals surface area contributed by atoms with E-state index in [4.69, 9.17) is 29.0 Å². The average Bonchev–Trinajstić information content (AvgIpc) is 3.19. The molecule has 0 fully saturated rings. The maximum atomic E-state index is 14.2. The molecule has 0 saturated carbocycles. The summed E-state index contributed by atoms with van der Waals surface area (Å²) in [5.74, 6) is -1.71. The fourth-order valence-corrected chi connectivity index (χ4v) is 5.85. The van der Waals surface area contributed by atoms with Crippen LogP contribution in [0.1, 0.15) is 49.9 Å². The monoisotopic (exact) mass is 730 g/mol. The lowest BCUT2D eigenvalue weighted by Crippen LogP contribution is -2.18. The van der Waals surface area contributed by atoms with Gasteiger partial charge in [0, 0.05) is 22.3 Å².